The van der Waals surface area contributed by atoms with E-state index < -0.39 is 0 Å². The van der Waals surface area contributed by atoms with Crippen LogP contribution in [0.1, 0.15) is 47.2 Å². The first-order valence-corrected chi connectivity index (χ1v) is 9.05. The number of carbonyl (C=O) groups excluding carboxylic acids is 1. The molecule has 0 N–H and O–H groups in total. The van der Waals surface area contributed by atoms with Crippen LogP contribution in [0.15, 0.2) is 22.3 Å². The quantitative estimate of drug-likeness (QED) is 0.715. The molecule has 4 rings (SSSR count). The Morgan fingerprint density at radius 1 is 1.36 bits per heavy atom. The molecular weight excluding hydrogens is 340 g/mol. The summed E-state index contributed by atoms with van der Waals surface area (Å²) in [5.74, 6) is 0.903. The van der Waals surface area contributed by atoms with E-state index in [-0.39, 0.29) is 11.9 Å². The summed E-state index contributed by atoms with van der Waals surface area (Å²) < 4.78 is 7.53. The number of nitrogens with zero attached hydrogens (tertiary/aromatic N) is 6. The fourth-order valence-electron chi connectivity index (χ4n) is 3.10. The van der Waals surface area contributed by atoms with Crippen LogP contribution in [0.4, 0.5) is 0 Å². The van der Waals surface area contributed by atoms with Gasteiger partial charge in [0.25, 0.3) is 11.8 Å². The summed E-state index contributed by atoms with van der Waals surface area (Å²) in [6.07, 6.45) is 6.13. The van der Waals surface area contributed by atoms with Crippen LogP contribution >= 0.6 is 11.3 Å². The van der Waals surface area contributed by atoms with Crippen LogP contribution in [0.3, 0.4) is 0 Å². The summed E-state index contributed by atoms with van der Waals surface area (Å²) in [5.41, 5.74) is 3.20. The molecule has 130 valence electrons. The lowest BCUT2D eigenvalue weighted by molar-refractivity contribution is 0.0572. The average molecular weight is 358 g/mol. The van der Waals surface area contributed by atoms with Gasteiger partial charge in [0.05, 0.1) is 23.0 Å². The zero-order chi connectivity index (χ0) is 17.4. The normalized spacial score (nSPS) is 17.8. The van der Waals surface area contributed by atoms with Gasteiger partial charge in [-0.3, -0.25) is 9.48 Å². The summed E-state index contributed by atoms with van der Waals surface area (Å²) >= 11 is 1.47. The van der Waals surface area contributed by atoms with Crippen LogP contribution in [0.2, 0.25) is 0 Å². The first kappa shape index (κ1) is 15.9. The molecule has 1 aliphatic heterocycles. The van der Waals surface area contributed by atoms with Crippen LogP contribution in [-0.4, -0.2) is 42.3 Å². The van der Waals surface area contributed by atoms with Gasteiger partial charge >= 0.3 is 0 Å². The molecule has 0 saturated carbocycles. The molecule has 8 nitrogen and oxygen atoms in total. The highest BCUT2D eigenvalue weighted by Gasteiger charge is 2.33. The molecule has 9 heteroatoms. The molecule has 1 unspecified atom stereocenters. The van der Waals surface area contributed by atoms with Gasteiger partial charge in [0, 0.05) is 19.8 Å². The molecule has 0 spiro atoms. The summed E-state index contributed by atoms with van der Waals surface area (Å²) in [4.78, 5) is 19.8. The third-order valence-electron chi connectivity index (χ3n) is 4.38. The standard InChI is InChI=1S/C16H18N6O2S/c1-10-13(25-9-17-10)15-20-19-14(24-15)12-5-3-4-6-22(12)16(23)11-7-18-21(2)8-11/h7-9,12H,3-6H2,1-2H3. The van der Waals surface area contributed by atoms with Gasteiger partial charge in [0.1, 0.15) is 10.9 Å². The van der Waals surface area contributed by atoms with Gasteiger partial charge in [-0.15, -0.1) is 21.5 Å². The van der Waals surface area contributed by atoms with E-state index in [9.17, 15) is 4.79 Å². The van der Waals surface area contributed by atoms with Crippen molar-refractivity contribution in [3.8, 4) is 10.8 Å². The SMILES string of the molecule is Cc1ncsc1-c1nnc(C2CCCCN2C(=O)c2cnn(C)c2)o1. The second-order valence-electron chi connectivity index (χ2n) is 6.13. The van der Waals surface area contributed by atoms with Crippen LogP contribution in [0.5, 0.6) is 0 Å². The Bertz CT molecular complexity index is 898. The fraction of sp³-hybridized carbons (Fsp3) is 0.438. The number of piperidine rings is 1. The number of carbonyl (C=O) groups is 1. The Kier molecular flexibility index (Phi) is 4.08. The smallest absolute Gasteiger partial charge is 0.259 e. The van der Waals surface area contributed by atoms with Gasteiger partial charge in [0.2, 0.25) is 5.89 Å². The van der Waals surface area contributed by atoms with E-state index in [4.69, 9.17) is 4.42 Å². The van der Waals surface area contributed by atoms with E-state index in [0.717, 1.165) is 29.8 Å². The van der Waals surface area contributed by atoms with E-state index in [2.05, 4.69) is 20.3 Å². The number of aromatic nitrogens is 5. The lowest BCUT2D eigenvalue weighted by atomic mass is 10.0. The van der Waals surface area contributed by atoms with Crippen molar-refractivity contribution in [2.24, 2.45) is 7.05 Å². The second-order valence-corrected chi connectivity index (χ2v) is 6.98. The first-order valence-electron chi connectivity index (χ1n) is 8.17. The lowest BCUT2D eigenvalue weighted by Crippen LogP contribution is -2.38. The van der Waals surface area contributed by atoms with Crippen LogP contribution in [0.25, 0.3) is 10.8 Å². The third-order valence-corrected chi connectivity index (χ3v) is 5.30. The summed E-state index contributed by atoms with van der Waals surface area (Å²) in [6, 6.07) is -0.198. The lowest BCUT2D eigenvalue weighted by Gasteiger charge is -2.33. The summed E-state index contributed by atoms with van der Waals surface area (Å²) in [6.45, 7) is 2.59. The molecule has 0 aliphatic carbocycles. The van der Waals surface area contributed by atoms with Gasteiger partial charge in [0.15, 0.2) is 0 Å². The summed E-state index contributed by atoms with van der Waals surface area (Å²) in [7, 11) is 1.80. The number of likely N-dealkylation sites (tertiary alicyclic amines) is 1. The number of hydrogen-bond donors (Lipinski definition) is 0. The van der Waals surface area contributed by atoms with Crippen molar-refractivity contribution in [3.05, 3.63) is 35.1 Å². The minimum absolute atomic E-state index is 0.0495. The Morgan fingerprint density at radius 3 is 2.96 bits per heavy atom. The highest BCUT2D eigenvalue weighted by molar-refractivity contribution is 7.13. The number of thiazole rings is 1. The molecule has 1 fully saturated rings. The molecule has 0 bridgehead atoms. The zero-order valence-electron chi connectivity index (χ0n) is 14.0. The van der Waals surface area contributed by atoms with Crippen molar-refractivity contribution in [3.63, 3.8) is 0 Å². The molecule has 4 heterocycles. The van der Waals surface area contributed by atoms with Crippen LogP contribution in [0, 0.1) is 6.92 Å². The van der Waals surface area contributed by atoms with Gasteiger partial charge in [-0.25, -0.2) is 4.98 Å². The maximum absolute atomic E-state index is 12.9. The first-order chi connectivity index (χ1) is 12.1. The monoisotopic (exact) mass is 358 g/mol. The Hall–Kier alpha value is -2.55. The highest BCUT2D eigenvalue weighted by atomic mass is 32.1. The minimum Gasteiger partial charge on any atom is -0.418 e. The van der Waals surface area contributed by atoms with E-state index in [0.29, 0.717) is 23.9 Å². The zero-order valence-corrected chi connectivity index (χ0v) is 14.9. The van der Waals surface area contributed by atoms with Crippen molar-refractivity contribution >= 4 is 17.2 Å². The molecule has 25 heavy (non-hydrogen) atoms. The van der Waals surface area contributed by atoms with Gasteiger partial charge in [-0.05, 0) is 26.2 Å². The van der Waals surface area contributed by atoms with E-state index >= 15 is 0 Å². The topological polar surface area (TPSA) is 89.9 Å². The van der Waals surface area contributed by atoms with Crippen LogP contribution < -0.4 is 0 Å². The molecule has 3 aromatic rings. The summed E-state index contributed by atoms with van der Waals surface area (Å²) in [5, 5.41) is 12.5. The highest BCUT2D eigenvalue weighted by Crippen LogP contribution is 2.34. The third kappa shape index (κ3) is 2.95. The molecular formula is C16H18N6O2S. The van der Waals surface area contributed by atoms with E-state index in [1.54, 1.807) is 29.6 Å². The molecule has 1 saturated heterocycles. The maximum atomic E-state index is 12.9. The largest absolute Gasteiger partial charge is 0.418 e. The van der Waals surface area contributed by atoms with Crippen molar-refractivity contribution in [1.82, 2.24) is 29.9 Å². The predicted molar refractivity (Wildman–Crippen MR) is 91.0 cm³/mol. The maximum Gasteiger partial charge on any atom is 0.259 e. The molecule has 1 amide bonds. The van der Waals surface area contributed by atoms with Crippen molar-refractivity contribution in [2.45, 2.75) is 32.2 Å². The van der Waals surface area contributed by atoms with Crippen molar-refractivity contribution in [1.29, 1.82) is 0 Å². The van der Waals surface area contributed by atoms with Gasteiger partial charge in [-0.1, -0.05) is 0 Å². The molecule has 1 aliphatic rings. The van der Waals surface area contributed by atoms with E-state index in [1.807, 2.05) is 11.8 Å². The molecule has 0 aromatic carbocycles. The molecule has 0 radical (unpaired) electrons. The fourth-order valence-corrected chi connectivity index (χ4v) is 3.82. The molecule has 3 aromatic heterocycles. The Labute approximate surface area is 148 Å². The number of rotatable bonds is 3. The number of amides is 1. The van der Waals surface area contributed by atoms with E-state index in [1.165, 1.54) is 11.3 Å². The van der Waals surface area contributed by atoms with Crippen LogP contribution in [-0.2, 0) is 7.05 Å². The van der Waals surface area contributed by atoms with Gasteiger partial charge < -0.3 is 9.32 Å². The average Bonchev–Trinajstić information content (AvgIpc) is 3.35. The molecule has 1 atom stereocenters. The number of hydrogen-bond acceptors (Lipinski definition) is 7. The van der Waals surface area contributed by atoms with Crippen molar-refractivity contribution in [2.75, 3.05) is 6.54 Å². The minimum atomic E-state index is -0.198. The second kappa shape index (κ2) is 6.40. The van der Waals surface area contributed by atoms with Gasteiger partial charge in [-0.2, -0.15) is 5.10 Å². The van der Waals surface area contributed by atoms with Crippen molar-refractivity contribution < 1.29 is 9.21 Å². The number of aryl methyl sites for hydroxylation is 2. The Balaban J connectivity index is 1.62. The predicted octanol–water partition coefficient (Wildman–Crippen LogP) is 2.60. The Morgan fingerprint density at radius 2 is 2.24 bits per heavy atom.